The number of hydrogen-bond acceptors (Lipinski definition) is 4. The van der Waals surface area contributed by atoms with Crippen molar-refractivity contribution in [3.63, 3.8) is 0 Å². The van der Waals surface area contributed by atoms with Gasteiger partial charge in [0.25, 0.3) is 0 Å². The second kappa shape index (κ2) is 5.05. The Balaban J connectivity index is 2.31. The first-order valence-electron chi connectivity index (χ1n) is 6.61. The van der Waals surface area contributed by atoms with Gasteiger partial charge in [-0.05, 0) is 29.7 Å². The summed E-state index contributed by atoms with van der Waals surface area (Å²) in [6.07, 6.45) is 0. The molecule has 0 unspecified atom stereocenters. The van der Waals surface area contributed by atoms with Crippen LogP contribution in [0.1, 0.15) is 31.8 Å². The van der Waals surface area contributed by atoms with Gasteiger partial charge < -0.3 is 9.47 Å². The largest absolute Gasteiger partial charge is 0.465 e. The molecule has 3 rings (SSSR count). The zero-order valence-electron chi connectivity index (χ0n) is 11.8. The van der Waals surface area contributed by atoms with E-state index in [2.05, 4.69) is 0 Å². The molecule has 4 nitrogen and oxygen atoms in total. The van der Waals surface area contributed by atoms with Gasteiger partial charge in [-0.3, -0.25) is 0 Å². The van der Waals surface area contributed by atoms with Crippen molar-refractivity contribution in [1.82, 2.24) is 0 Å². The van der Waals surface area contributed by atoms with Crippen LogP contribution in [0.2, 0.25) is 0 Å². The molecule has 0 saturated heterocycles. The Kier molecular flexibility index (Phi) is 3.22. The smallest absolute Gasteiger partial charge is 0.339 e. The summed E-state index contributed by atoms with van der Waals surface area (Å²) >= 11 is 0. The van der Waals surface area contributed by atoms with Crippen LogP contribution in [0.15, 0.2) is 36.4 Å². The molecule has 1 aliphatic rings. The quantitative estimate of drug-likeness (QED) is 0.794. The fourth-order valence-corrected chi connectivity index (χ4v) is 2.67. The van der Waals surface area contributed by atoms with E-state index < -0.39 is 5.97 Å². The van der Waals surface area contributed by atoms with E-state index in [1.807, 2.05) is 30.3 Å². The molecule has 0 aliphatic carbocycles. The van der Waals surface area contributed by atoms with Gasteiger partial charge in [0, 0.05) is 5.56 Å². The molecule has 0 aromatic heterocycles. The Labute approximate surface area is 122 Å². The van der Waals surface area contributed by atoms with Crippen molar-refractivity contribution in [2.24, 2.45) is 0 Å². The SMILES string of the molecule is COC(=O)c1cc(-c2ccccc2)c2c(c1C)C(=O)OC2. The van der Waals surface area contributed by atoms with Crippen molar-refractivity contribution in [3.05, 3.63) is 58.7 Å². The molecule has 2 aromatic rings. The van der Waals surface area contributed by atoms with Crippen molar-refractivity contribution in [3.8, 4) is 11.1 Å². The molecule has 2 aromatic carbocycles. The molecule has 106 valence electrons. The molecule has 0 spiro atoms. The fraction of sp³-hybridized carbons (Fsp3) is 0.176. The summed E-state index contributed by atoms with van der Waals surface area (Å²) in [5, 5.41) is 0. The van der Waals surface area contributed by atoms with Gasteiger partial charge in [0.2, 0.25) is 0 Å². The van der Waals surface area contributed by atoms with E-state index in [-0.39, 0.29) is 12.6 Å². The molecule has 0 atom stereocenters. The number of methoxy groups -OCH3 is 1. The Bertz CT molecular complexity index is 732. The number of carbonyl (C=O) groups is 2. The summed E-state index contributed by atoms with van der Waals surface area (Å²) in [6.45, 7) is 1.98. The van der Waals surface area contributed by atoms with Gasteiger partial charge in [0.15, 0.2) is 0 Å². The summed E-state index contributed by atoms with van der Waals surface area (Å²) in [6, 6.07) is 11.4. The Morgan fingerprint density at radius 2 is 1.95 bits per heavy atom. The van der Waals surface area contributed by atoms with Crippen LogP contribution < -0.4 is 0 Å². The van der Waals surface area contributed by atoms with Crippen molar-refractivity contribution in [1.29, 1.82) is 0 Å². The number of ether oxygens (including phenoxy) is 2. The van der Waals surface area contributed by atoms with E-state index in [4.69, 9.17) is 9.47 Å². The maximum absolute atomic E-state index is 12.0. The van der Waals surface area contributed by atoms with Gasteiger partial charge in [-0.2, -0.15) is 0 Å². The van der Waals surface area contributed by atoms with Crippen molar-refractivity contribution in [2.45, 2.75) is 13.5 Å². The topological polar surface area (TPSA) is 52.6 Å². The van der Waals surface area contributed by atoms with Crippen LogP contribution in [0.4, 0.5) is 0 Å². The molecule has 21 heavy (non-hydrogen) atoms. The highest BCUT2D eigenvalue weighted by Crippen LogP contribution is 2.35. The van der Waals surface area contributed by atoms with E-state index >= 15 is 0 Å². The van der Waals surface area contributed by atoms with E-state index in [0.29, 0.717) is 16.7 Å². The second-order valence-corrected chi connectivity index (χ2v) is 4.88. The standard InChI is InChI=1S/C17H14O4/c1-10-12(16(18)20-2)8-13(11-6-4-3-5-7-11)14-9-21-17(19)15(10)14/h3-8H,9H2,1-2H3. The maximum atomic E-state index is 12.0. The van der Waals surface area contributed by atoms with Crippen LogP contribution in [0.5, 0.6) is 0 Å². The summed E-state index contributed by atoms with van der Waals surface area (Å²) in [5.74, 6) is -0.836. The predicted octanol–water partition coefficient (Wildman–Crippen LogP) is 3.12. The highest BCUT2D eigenvalue weighted by atomic mass is 16.5. The lowest BCUT2D eigenvalue weighted by molar-refractivity contribution is 0.0535. The summed E-state index contributed by atoms with van der Waals surface area (Å²) in [4.78, 5) is 23.9. The predicted molar refractivity (Wildman–Crippen MR) is 77.1 cm³/mol. The van der Waals surface area contributed by atoms with Crippen molar-refractivity contribution >= 4 is 11.9 Å². The molecule has 1 heterocycles. The molecule has 4 heteroatoms. The van der Waals surface area contributed by atoms with Crippen LogP contribution in [0.3, 0.4) is 0 Å². The van der Waals surface area contributed by atoms with Crippen LogP contribution >= 0.6 is 0 Å². The lowest BCUT2D eigenvalue weighted by Crippen LogP contribution is -2.09. The maximum Gasteiger partial charge on any atom is 0.339 e. The van der Waals surface area contributed by atoms with Gasteiger partial charge in [-0.1, -0.05) is 30.3 Å². The van der Waals surface area contributed by atoms with Crippen LogP contribution in [-0.2, 0) is 16.1 Å². The minimum atomic E-state index is -0.452. The number of rotatable bonds is 2. The zero-order chi connectivity index (χ0) is 15.0. The van der Waals surface area contributed by atoms with Gasteiger partial charge in [0.05, 0.1) is 18.2 Å². The minimum Gasteiger partial charge on any atom is -0.465 e. The molecule has 0 N–H and O–H groups in total. The first-order valence-corrected chi connectivity index (χ1v) is 6.61. The molecular weight excluding hydrogens is 268 g/mol. The summed E-state index contributed by atoms with van der Waals surface area (Å²) in [7, 11) is 1.33. The van der Waals surface area contributed by atoms with Gasteiger partial charge in [-0.15, -0.1) is 0 Å². The number of carbonyl (C=O) groups excluding carboxylic acids is 2. The number of cyclic esters (lactones) is 1. The third-order valence-electron chi connectivity index (χ3n) is 3.74. The Morgan fingerprint density at radius 1 is 1.24 bits per heavy atom. The van der Waals surface area contributed by atoms with E-state index in [1.165, 1.54) is 7.11 Å². The van der Waals surface area contributed by atoms with Crippen LogP contribution in [0.25, 0.3) is 11.1 Å². The summed E-state index contributed by atoms with van der Waals surface area (Å²) < 4.78 is 9.96. The number of esters is 2. The second-order valence-electron chi connectivity index (χ2n) is 4.88. The third-order valence-corrected chi connectivity index (χ3v) is 3.74. The van der Waals surface area contributed by atoms with E-state index in [9.17, 15) is 9.59 Å². The van der Waals surface area contributed by atoms with Crippen molar-refractivity contribution < 1.29 is 19.1 Å². The molecule has 0 saturated carbocycles. The Hall–Kier alpha value is -2.62. The van der Waals surface area contributed by atoms with Crippen LogP contribution in [0, 0.1) is 6.92 Å². The van der Waals surface area contributed by atoms with Crippen molar-refractivity contribution in [2.75, 3.05) is 7.11 Å². The molecule has 0 radical (unpaired) electrons. The number of hydrogen-bond donors (Lipinski definition) is 0. The molecule has 0 fully saturated rings. The summed E-state index contributed by atoms with van der Waals surface area (Å²) in [5.41, 5.74) is 4.10. The van der Waals surface area contributed by atoms with Gasteiger partial charge in [0.1, 0.15) is 6.61 Å². The normalized spacial score (nSPS) is 12.8. The van der Waals surface area contributed by atoms with Gasteiger partial charge >= 0.3 is 11.9 Å². The lowest BCUT2D eigenvalue weighted by Gasteiger charge is -2.12. The zero-order valence-corrected chi connectivity index (χ0v) is 11.8. The average molecular weight is 282 g/mol. The number of fused-ring (bicyclic) bond motifs is 1. The first kappa shape index (κ1) is 13.4. The lowest BCUT2D eigenvalue weighted by atomic mass is 9.90. The van der Waals surface area contributed by atoms with Crippen LogP contribution in [-0.4, -0.2) is 19.0 Å². The Morgan fingerprint density at radius 3 is 2.62 bits per heavy atom. The molecular formula is C17H14O4. The van der Waals surface area contributed by atoms with E-state index in [1.54, 1.807) is 13.0 Å². The first-order chi connectivity index (χ1) is 10.1. The number of benzene rings is 2. The monoisotopic (exact) mass is 282 g/mol. The van der Waals surface area contributed by atoms with Gasteiger partial charge in [-0.25, -0.2) is 9.59 Å². The highest BCUT2D eigenvalue weighted by molar-refractivity contribution is 6.03. The third kappa shape index (κ3) is 2.09. The van der Waals surface area contributed by atoms with E-state index in [0.717, 1.165) is 16.7 Å². The minimum absolute atomic E-state index is 0.237. The fourth-order valence-electron chi connectivity index (χ4n) is 2.67. The molecule has 0 amide bonds. The highest BCUT2D eigenvalue weighted by Gasteiger charge is 2.30. The molecule has 1 aliphatic heterocycles. The molecule has 0 bridgehead atoms. The average Bonchev–Trinajstić information content (AvgIpc) is 2.90.